The Kier molecular flexibility index (Phi) is 5.18. The number of aromatic nitrogens is 1. The van der Waals surface area contributed by atoms with Gasteiger partial charge >= 0.3 is 0 Å². The van der Waals surface area contributed by atoms with Crippen molar-refractivity contribution in [3.63, 3.8) is 0 Å². The van der Waals surface area contributed by atoms with Crippen molar-refractivity contribution < 1.29 is 4.42 Å². The van der Waals surface area contributed by atoms with Crippen molar-refractivity contribution in [1.82, 2.24) is 10.3 Å². The fraction of sp³-hybridized carbons (Fsp3) is 0.500. The van der Waals surface area contributed by atoms with Crippen molar-refractivity contribution >= 4 is 0 Å². The van der Waals surface area contributed by atoms with Crippen molar-refractivity contribution in [2.45, 2.75) is 53.5 Å². The molecule has 0 fully saturated rings. The number of rotatable bonds is 6. The van der Waals surface area contributed by atoms with Gasteiger partial charge in [-0.05, 0) is 57.9 Å². The molecule has 0 spiro atoms. The second kappa shape index (κ2) is 6.90. The number of furan rings is 1. The van der Waals surface area contributed by atoms with Crippen molar-refractivity contribution in [3.8, 4) is 0 Å². The number of pyridine rings is 1. The third-order valence-electron chi connectivity index (χ3n) is 4.12. The summed E-state index contributed by atoms with van der Waals surface area (Å²) < 4.78 is 5.81. The Morgan fingerprint density at radius 1 is 1.19 bits per heavy atom. The van der Waals surface area contributed by atoms with E-state index in [1.165, 1.54) is 16.7 Å². The van der Waals surface area contributed by atoms with Crippen molar-refractivity contribution in [1.29, 1.82) is 0 Å². The maximum Gasteiger partial charge on any atom is 0.106 e. The lowest BCUT2D eigenvalue weighted by molar-refractivity contribution is 0.478. The van der Waals surface area contributed by atoms with Crippen LogP contribution in [0.3, 0.4) is 0 Å². The first-order chi connectivity index (χ1) is 10.0. The van der Waals surface area contributed by atoms with Gasteiger partial charge in [0.05, 0.1) is 0 Å². The number of nitrogens with zero attached hydrogens (tertiary/aromatic N) is 1. The molecule has 0 saturated carbocycles. The lowest BCUT2D eigenvalue weighted by Crippen LogP contribution is -2.25. The Hall–Kier alpha value is -1.61. The van der Waals surface area contributed by atoms with E-state index in [9.17, 15) is 0 Å². The van der Waals surface area contributed by atoms with Crippen LogP contribution in [0.5, 0.6) is 0 Å². The maximum atomic E-state index is 5.81. The van der Waals surface area contributed by atoms with Crippen LogP contribution in [0.1, 0.15) is 53.3 Å². The van der Waals surface area contributed by atoms with Crippen LogP contribution in [0.15, 0.2) is 22.7 Å². The molecule has 0 saturated heterocycles. The highest BCUT2D eigenvalue weighted by Gasteiger charge is 2.21. The molecule has 0 aliphatic heterocycles. The number of nitrogens with one attached hydrogen (secondary N) is 1. The highest BCUT2D eigenvalue weighted by molar-refractivity contribution is 5.35. The van der Waals surface area contributed by atoms with E-state index < -0.39 is 0 Å². The van der Waals surface area contributed by atoms with Crippen molar-refractivity contribution in [2.24, 2.45) is 0 Å². The van der Waals surface area contributed by atoms with E-state index in [0.717, 1.165) is 36.6 Å². The van der Waals surface area contributed by atoms with Gasteiger partial charge in [-0.2, -0.15) is 0 Å². The van der Waals surface area contributed by atoms with Gasteiger partial charge in [0.25, 0.3) is 0 Å². The molecule has 2 aromatic rings. The molecule has 2 aromatic heterocycles. The predicted octanol–water partition coefficient (Wildman–Crippen LogP) is 4.19. The minimum Gasteiger partial charge on any atom is -0.466 e. The fourth-order valence-corrected chi connectivity index (χ4v) is 2.84. The number of hydrogen-bond donors (Lipinski definition) is 1. The van der Waals surface area contributed by atoms with Crippen molar-refractivity contribution in [2.75, 3.05) is 6.54 Å². The van der Waals surface area contributed by atoms with E-state index in [1.54, 1.807) is 0 Å². The van der Waals surface area contributed by atoms with E-state index >= 15 is 0 Å². The summed E-state index contributed by atoms with van der Waals surface area (Å²) in [6.07, 6.45) is 3.89. The molecule has 0 aromatic carbocycles. The summed E-state index contributed by atoms with van der Waals surface area (Å²) in [6, 6.07) is 4.38. The van der Waals surface area contributed by atoms with Crippen molar-refractivity contribution in [3.05, 3.63) is 52.2 Å². The maximum absolute atomic E-state index is 5.81. The fourth-order valence-electron chi connectivity index (χ4n) is 2.84. The normalized spacial score (nSPS) is 12.6. The molecule has 3 heteroatoms. The first-order valence-corrected chi connectivity index (χ1v) is 7.75. The lowest BCUT2D eigenvalue weighted by atomic mass is 9.96. The summed E-state index contributed by atoms with van der Waals surface area (Å²) >= 11 is 0. The Morgan fingerprint density at radius 3 is 2.52 bits per heavy atom. The Labute approximate surface area is 127 Å². The minimum absolute atomic E-state index is 0.260. The average molecular weight is 286 g/mol. The number of hydrogen-bond acceptors (Lipinski definition) is 3. The average Bonchev–Trinajstić information content (AvgIpc) is 2.71. The Morgan fingerprint density at radius 2 is 1.95 bits per heavy atom. The van der Waals surface area contributed by atoms with Crippen LogP contribution in [0.25, 0.3) is 0 Å². The summed E-state index contributed by atoms with van der Waals surface area (Å²) in [4.78, 5) is 4.55. The minimum atomic E-state index is 0.260. The molecular weight excluding hydrogens is 260 g/mol. The zero-order valence-electron chi connectivity index (χ0n) is 13.8. The second-order valence-corrected chi connectivity index (χ2v) is 5.73. The molecule has 0 bridgehead atoms. The third kappa shape index (κ3) is 3.53. The van der Waals surface area contributed by atoms with Gasteiger partial charge in [0, 0.05) is 29.9 Å². The molecule has 0 radical (unpaired) electrons. The van der Waals surface area contributed by atoms with Crippen LogP contribution in [0.2, 0.25) is 0 Å². The van der Waals surface area contributed by atoms with Gasteiger partial charge in [-0.15, -0.1) is 0 Å². The van der Waals surface area contributed by atoms with E-state index in [1.807, 2.05) is 19.2 Å². The summed E-state index contributed by atoms with van der Waals surface area (Å²) in [5, 5.41) is 3.66. The molecule has 1 atom stereocenters. The highest BCUT2D eigenvalue weighted by atomic mass is 16.3. The highest BCUT2D eigenvalue weighted by Crippen LogP contribution is 2.29. The Bertz CT molecular complexity index is 601. The van der Waals surface area contributed by atoms with Gasteiger partial charge in [0.2, 0.25) is 0 Å². The lowest BCUT2D eigenvalue weighted by Gasteiger charge is -2.20. The summed E-state index contributed by atoms with van der Waals surface area (Å²) in [6.45, 7) is 11.6. The van der Waals surface area contributed by atoms with Crippen LogP contribution in [-0.4, -0.2) is 11.5 Å². The second-order valence-electron chi connectivity index (χ2n) is 5.73. The SMILES string of the molecule is CCCNC(Cc1ncccc1C)c1c(C)oc(C)c1C. The van der Waals surface area contributed by atoms with Gasteiger partial charge in [-0.3, -0.25) is 4.98 Å². The molecule has 114 valence electrons. The molecule has 21 heavy (non-hydrogen) atoms. The monoisotopic (exact) mass is 286 g/mol. The van der Waals surface area contributed by atoms with E-state index in [2.05, 4.69) is 44.1 Å². The quantitative estimate of drug-likeness (QED) is 0.865. The van der Waals surface area contributed by atoms with E-state index in [4.69, 9.17) is 4.42 Å². The molecule has 3 nitrogen and oxygen atoms in total. The summed E-state index contributed by atoms with van der Waals surface area (Å²) in [5.74, 6) is 2.04. The van der Waals surface area contributed by atoms with Gasteiger partial charge in [-0.25, -0.2) is 0 Å². The third-order valence-corrected chi connectivity index (χ3v) is 4.12. The van der Waals surface area contributed by atoms with Crippen LogP contribution < -0.4 is 5.32 Å². The molecule has 1 unspecified atom stereocenters. The summed E-state index contributed by atoms with van der Waals surface area (Å²) in [5.41, 5.74) is 4.96. The van der Waals surface area contributed by atoms with Gasteiger partial charge in [0.1, 0.15) is 11.5 Å². The van der Waals surface area contributed by atoms with Gasteiger partial charge in [-0.1, -0.05) is 13.0 Å². The standard InChI is InChI=1S/C18H26N2O/c1-6-9-19-17(11-16-12(2)8-7-10-20-16)18-13(3)14(4)21-15(18)5/h7-8,10,17,19H,6,9,11H2,1-5H3. The molecule has 0 amide bonds. The van der Waals surface area contributed by atoms with Gasteiger partial charge < -0.3 is 9.73 Å². The largest absolute Gasteiger partial charge is 0.466 e. The summed E-state index contributed by atoms with van der Waals surface area (Å²) in [7, 11) is 0. The molecule has 2 rings (SSSR count). The van der Waals surface area contributed by atoms with Crippen LogP contribution >= 0.6 is 0 Å². The molecular formula is C18H26N2O. The van der Waals surface area contributed by atoms with E-state index in [-0.39, 0.29) is 6.04 Å². The van der Waals surface area contributed by atoms with Crippen LogP contribution in [0, 0.1) is 27.7 Å². The van der Waals surface area contributed by atoms with Crippen LogP contribution in [-0.2, 0) is 6.42 Å². The zero-order valence-corrected chi connectivity index (χ0v) is 13.8. The first kappa shape index (κ1) is 15.8. The molecule has 0 aliphatic rings. The van der Waals surface area contributed by atoms with E-state index in [0.29, 0.717) is 0 Å². The van der Waals surface area contributed by atoms with Gasteiger partial charge in [0.15, 0.2) is 0 Å². The molecule has 0 aliphatic carbocycles. The smallest absolute Gasteiger partial charge is 0.106 e. The molecule has 2 heterocycles. The predicted molar refractivity (Wildman–Crippen MR) is 86.6 cm³/mol. The zero-order chi connectivity index (χ0) is 15.4. The number of aryl methyl sites for hydroxylation is 3. The molecule has 1 N–H and O–H groups in total. The first-order valence-electron chi connectivity index (χ1n) is 7.75. The van der Waals surface area contributed by atoms with Crippen LogP contribution in [0.4, 0.5) is 0 Å². The topological polar surface area (TPSA) is 38.1 Å². The Balaban J connectivity index is 2.32.